The van der Waals surface area contributed by atoms with Gasteiger partial charge in [0.05, 0.1) is 37.3 Å². The van der Waals surface area contributed by atoms with Crippen molar-refractivity contribution in [3.8, 4) is 0 Å². The quantitative estimate of drug-likeness (QED) is 0.261. The van der Waals surface area contributed by atoms with Crippen molar-refractivity contribution in [2.75, 3.05) is 20.2 Å². The predicted molar refractivity (Wildman–Crippen MR) is 106 cm³/mol. The highest BCUT2D eigenvalue weighted by Crippen LogP contribution is 2.19. The molecule has 1 aliphatic heterocycles. The first-order valence-corrected chi connectivity index (χ1v) is 9.43. The molecule has 1 aromatic heterocycles. The third-order valence-corrected chi connectivity index (χ3v) is 4.89. The molecule has 29 heavy (non-hydrogen) atoms. The first kappa shape index (κ1) is 20.4. The third-order valence-electron chi connectivity index (χ3n) is 4.89. The molecular formula is C20H24N4O5. The van der Waals surface area contributed by atoms with Crippen molar-refractivity contribution >= 4 is 17.6 Å². The number of ether oxygens (including phenoxy) is 1. The van der Waals surface area contributed by atoms with Crippen LogP contribution in [0.2, 0.25) is 0 Å². The van der Waals surface area contributed by atoms with Gasteiger partial charge in [-0.3, -0.25) is 14.9 Å². The molecule has 2 heterocycles. The summed E-state index contributed by atoms with van der Waals surface area (Å²) in [6.45, 7) is 2.24. The molecule has 0 saturated carbocycles. The first-order valence-electron chi connectivity index (χ1n) is 9.43. The van der Waals surface area contributed by atoms with Crippen LogP contribution in [0.15, 0.2) is 52.1 Å². The number of benzene rings is 1. The van der Waals surface area contributed by atoms with Crippen molar-refractivity contribution in [3.63, 3.8) is 0 Å². The van der Waals surface area contributed by atoms with E-state index in [0.717, 1.165) is 11.3 Å². The highest BCUT2D eigenvalue weighted by Gasteiger charge is 2.27. The number of rotatable bonds is 6. The maximum absolute atomic E-state index is 11.8. The lowest BCUT2D eigenvalue weighted by atomic mass is 9.97. The summed E-state index contributed by atoms with van der Waals surface area (Å²) in [5, 5.41) is 14.1. The van der Waals surface area contributed by atoms with Crippen LogP contribution in [0.25, 0.3) is 0 Å². The highest BCUT2D eigenvalue weighted by atomic mass is 16.6. The summed E-state index contributed by atoms with van der Waals surface area (Å²) in [5.41, 5.74) is 0.927. The number of piperidine rings is 1. The maximum atomic E-state index is 11.8. The minimum Gasteiger partial charge on any atom is -0.469 e. The highest BCUT2D eigenvalue weighted by molar-refractivity contribution is 5.80. The van der Waals surface area contributed by atoms with Crippen molar-refractivity contribution in [1.82, 2.24) is 10.2 Å². The van der Waals surface area contributed by atoms with Crippen LogP contribution in [-0.4, -0.2) is 42.0 Å². The van der Waals surface area contributed by atoms with Gasteiger partial charge in [-0.25, -0.2) is 4.99 Å². The third kappa shape index (κ3) is 5.56. The van der Waals surface area contributed by atoms with Crippen LogP contribution < -0.4 is 5.32 Å². The van der Waals surface area contributed by atoms with Gasteiger partial charge in [0.15, 0.2) is 5.96 Å². The first-order chi connectivity index (χ1) is 14.1. The van der Waals surface area contributed by atoms with Crippen molar-refractivity contribution < 1.29 is 18.9 Å². The molecule has 1 aromatic carbocycles. The molecule has 1 N–H and O–H groups in total. The van der Waals surface area contributed by atoms with Gasteiger partial charge in [-0.2, -0.15) is 0 Å². The second-order valence-electron chi connectivity index (χ2n) is 6.78. The average Bonchev–Trinajstić information content (AvgIpc) is 3.27. The van der Waals surface area contributed by atoms with Gasteiger partial charge < -0.3 is 19.4 Å². The lowest BCUT2D eigenvalue weighted by Crippen LogP contribution is -2.46. The van der Waals surface area contributed by atoms with E-state index in [1.807, 2.05) is 12.1 Å². The Hall–Kier alpha value is -3.36. The summed E-state index contributed by atoms with van der Waals surface area (Å²) in [7, 11) is 1.41. The number of nitro benzene ring substituents is 1. The SMILES string of the molecule is COC(=O)C1CCN(C(=NCc2ccc([N+](=O)[O-])cc2)NCc2ccco2)CC1. The molecule has 1 saturated heterocycles. The summed E-state index contributed by atoms with van der Waals surface area (Å²) in [4.78, 5) is 28.9. The lowest BCUT2D eigenvalue weighted by molar-refractivity contribution is -0.384. The van der Waals surface area contributed by atoms with E-state index in [4.69, 9.17) is 9.15 Å². The Morgan fingerprint density at radius 1 is 1.31 bits per heavy atom. The molecule has 9 nitrogen and oxygen atoms in total. The summed E-state index contributed by atoms with van der Waals surface area (Å²) >= 11 is 0. The number of guanidine groups is 1. The molecule has 0 radical (unpaired) electrons. The van der Waals surface area contributed by atoms with E-state index in [1.165, 1.54) is 19.2 Å². The van der Waals surface area contributed by atoms with Crippen molar-refractivity contribution in [2.45, 2.75) is 25.9 Å². The molecule has 9 heteroatoms. The molecule has 0 bridgehead atoms. The van der Waals surface area contributed by atoms with Crippen molar-refractivity contribution in [2.24, 2.45) is 10.9 Å². The van der Waals surface area contributed by atoms with E-state index >= 15 is 0 Å². The molecule has 154 valence electrons. The van der Waals surface area contributed by atoms with E-state index in [0.29, 0.717) is 45.0 Å². The lowest BCUT2D eigenvalue weighted by Gasteiger charge is -2.33. The minimum atomic E-state index is -0.422. The second-order valence-corrected chi connectivity index (χ2v) is 6.78. The standard InChI is InChI=1S/C20H24N4O5/c1-28-19(25)16-8-10-23(11-9-16)20(22-14-18-3-2-12-29-18)21-13-15-4-6-17(7-5-15)24(26)27/h2-7,12,16H,8-11,13-14H2,1H3,(H,21,22). The Bertz CT molecular complexity index is 840. The molecule has 0 aliphatic carbocycles. The molecular weight excluding hydrogens is 376 g/mol. The smallest absolute Gasteiger partial charge is 0.308 e. The number of carbonyl (C=O) groups is 1. The van der Waals surface area contributed by atoms with Gasteiger partial charge in [0.2, 0.25) is 0 Å². The van der Waals surface area contributed by atoms with Gasteiger partial charge in [-0.1, -0.05) is 12.1 Å². The Morgan fingerprint density at radius 3 is 2.62 bits per heavy atom. The monoisotopic (exact) mass is 400 g/mol. The maximum Gasteiger partial charge on any atom is 0.308 e. The molecule has 0 spiro atoms. The van der Waals surface area contributed by atoms with Crippen molar-refractivity contribution in [3.05, 3.63) is 64.1 Å². The molecule has 2 aromatic rings. The molecule has 1 fully saturated rings. The van der Waals surface area contributed by atoms with Crippen LogP contribution in [0.4, 0.5) is 5.69 Å². The van der Waals surface area contributed by atoms with Crippen LogP contribution in [0.3, 0.4) is 0 Å². The topological polar surface area (TPSA) is 110 Å². The number of aliphatic imine (C=N–C) groups is 1. The van der Waals surface area contributed by atoms with Gasteiger partial charge in [-0.15, -0.1) is 0 Å². The van der Waals surface area contributed by atoms with Gasteiger partial charge in [0.1, 0.15) is 5.76 Å². The fourth-order valence-corrected chi connectivity index (χ4v) is 3.23. The number of esters is 1. The molecule has 3 rings (SSSR count). The normalized spacial score (nSPS) is 15.2. The minimum absolute atomic E-state index is 0.0544. The van der Waals surface area contributed by atoms with E-state index in [-0.39, 0.29) is 17.6 Å². The van der Waals surface area contributed by atoms with Crippen molar-refractivity contribution in [1.29, 1.82) is 0 Å². The van der Waals surface area contributed by atoms with E-state index in [9.17, 15) is 14.9 Å². The number of hydrogen-bond donors (Lipinski definition) is 1. The number of likely N-dealkylation sites (tertiary alicyclic amines) is 1. The van der Waals surface area contributed by atoms with Gasteiger partial charge in [0, 0.05) is 25.2 Å². The van der Waals surface area contributed by atoms with E-state index in [2.05, 4.69) is 15.2 Å². The zero-order valence-corrected chi connectivity index (χ0v) is 16.2. The van der Waals surface area contributed by atoms with Crippen LogP contribution in [0, 0.1) is 16.0 Å². The van der Waals surface area contributed by atoms with Gasteiger partial charge in [0.25, 0.3) is 5.69 Å². The molecule has 1 aliphatic rings. The number of hydrogen-bond acceptors (Lipinski definition) is 6. The second kappa shape index (κ2) is 9.72. The number of carbonyl (C=O) groups excluding carboxylic acids is 1. The van der Waals surface area contributed by atoms with Crippen LogP contribution in [0.1, 0.15) is 24.2 Å². The van der Waals surface area contributed by atoms with E-state index in [1.54, 1.807) is 18.4 Å². The fraction of sp³-hybridized carbons (Fsp3) is 0.400. The zero-order chi connectivity index (χ0) is 20.6. The fourth-order valence-electron chi connectivity index (χ4n) is 3.23. The summed E-state index contributed by atoms with van der Waals surface area (Å²) in [6, 6.07) is 10.1. The summed E-state index contributed by atoms with van der Waals surface area (Å²) in [5.74, 6) is 1.25. The zero-order valence-electron chi connectivity index (χ0n) is 16.2. The number of non-ortho nitro benzene ring substituents is 1. The number of methoxy groups -OCH3 is 1. The Labute approximate surface area is 168 Å². The van der Waals surface area contributed by atoms with Crippen LogP contribution in [-0.2, 0) is 22.6 Å². The van der Waals surface area contributed by atoms with Gasteiger partial charge >= 0.3 is 5.97 Å². The molecule has 0 unspecified atom stereocenters. The Kier molecular flexibility index (Phi) is 6.83. The molecule has 0 atom stereocenters. The van der Waals surface area contributed by atoms with Crippen LogP contribution >= 0.6 is 0 Å². The molecule has 0 amide bonds. The van der Waals surface area contributed by atoms with Gasteiger partial charge in [-0.05, 0) is 30.5 Å². The van der Waals surface area contributed by atoms with Crippen LogP contribution in [0.5, 0.6) is 0 Å². The summed E-state index contributed by atoms with van der Waals surface area (Å²) in [6.07, 6.45) is 3.02. The Balaban J connectivity index is 1.67. The number of nitrogens with zero attached hydrogens (tertiary/aromatic N) is 3. The van der Waals surface area contributed by atoms with E-state index < -0.39 is 4.92 Å². The number of nitrogens with one attached hydrogen (secondary N) is 1. The number of furan rings is 1. The average molecular weight is 400 g/mol. The Morgan fingerprint density at radius 2 is 2.03 bits per heavy atom. The predicted octanol–water partition coefficient (Wildman–Crippen LogP) is 2.72. The largest absolute Gasteiger partial charge is 0.469 e. The number of nitro groups is 1. The summed E-state index contributed by atoms with van der Waals surface area (Å²) < 4.78 is 10.2.